The predicted octanol–water partition coefficient (Wildman–Crippen LogP) is -0.608. The quantitative estimate of drug-likeness (QED) is 0.329. The van der Waals surface area contributed by atoms with Gasteiger partial charge in [0, 0.05) is 6.92 Å². The highest BCUT2D eigenvalue weighted by Crippen LogP contribution is 2.19. The van der Waals surface area contributed by atoms with Crippen LogP contribution in [0.4, 0.5) is 0 Å². The molecule has 0 fully saturated rings. The molecular weight excluding hydrogens is 290 g/mol. The Morgan fingerprint density at radius 1 is 1.35 bits per heavy atom. The van der Waals surface area contributed by atoms with E-state index in [0.29, 0.717) is 0 Å². The largest absolute Gasteiger partial charge is 0.435 e. The van der Waals surface area contributed by atoms with Crippen molar-refractivity contribution < 1.29 is 32.7 Å². The van der Waals surface area contributed by atoms with E-state index >= 15 is 0 Å². The minimum absolute atomic E-state index is 0.279. The first-order chi connectivity index (χ1) is 9.15. The summed E-state index contributed by atoms with van der Waals surface area (Å²) in [6, 6.07) is 8.92. The third kappa shape index (κ3) is 9.42. The second-order valence-electron chi connectivity index (χ2n) is 3.71. The van der Waals surface area contributed by atoms with Gasteiger partial charge in [-0.1, -0.05) is 30.3 Å². The van der Waals surface area contributed by atoms with Crippen molar-refractivity contribution in [2.24, 2.45) is 5.14 Å². The molecule has 20 heavy (non-hydrogen) atoms. The minimum atomic E-state index is -4.17. The lowest BCUT2D eigenvalue weighted by atomic mass is 10.00. The summed E-state index contributed by atoms with van der Waals surface area (Å²) >= 11 is 0. The van der Waals surface area contributed by atoms with Gasteiger partial charge in [-0.3, -0.25) is 9.35 Å². The first-order valence-corrected chi connectivity index (χ1v) is 6.91. The van der Waals surface area contributed by atoms with Crippen LogP contribution >= 0.6 is 0 Å². The van der Waals surface area contributed by atoms with Crippen LogP contribution in [-0.4, -0.2) is 42.0 Å². The second kappa shape index (κ2) is 8.61. The van der Waals surface area contributed by atoms with Gasteiger partial charge in [0.2, 0.25) is 6.29 Å². The van der Waals surface area contributed by atoms with Crippen molar-refractivity contribution in [1.29, 1.82) is 0 Å². The topological polar surface area (TPSA) is 147 Å². The van der Waals surface area contributed by atoms with E-state index in [1.165, 1.54) is 6.92 Å². The Kier molecular flexibility index (Phi) is 7.96. The van der Waals surface area contributed by atoms with Crippen molar-refractivity contribution in [2.75, 3.05) is 6.61 Å². The molecule has 1 aromatic rings. The Labute approximate surface area is 116 Å². The lowest BCUT2D eigenvalue weighted by molar-refractivity contribution is -0.170. The van der Waals surface area contributed by atoms with Gasteiger partial charge in [-0.2, -0.15) is 8.42 Å². The summed E-state index contributed by atoms with van der Waals surface area (Å²) in [7, 11) is -4.17. The molecule has 0 bridgehead atoms. The van der Waals surface area contributed by atoms with E-state index in [2.05, 4.69) is 9.88 Å². The zero-order valence-electron chi connectivity index (χ0n) is 10.7. The minimum Gasteiger partial charge on any atom is -0.435 e. The van der Waals surface area contributed by atoms with Crippen molar-refractivity contribution in [2.45, 2.75) is 19.1 Å². The van der Waals surface area contributed by atoms with Gasteiger partial charge in [-0.05, 0) is 5.56 Å². The van der Waals surface area contributed by atoms with Crippen LogP contribution in [0.2, 0.25) is 0 Å². The van der Waals surface area contributed by atoms with Gasteiger partial charge >= 0.3 is 16.3 Å². The molecule has 0 aromatic heterocycles. The van der Waals surface area contributed by atoms with Crippen molar-refractivity contribution in [1.82, 2.24) is 0 Å². The van der Waals surface area contributed by atoms with Gasteiger partial charge in [0.05, 0.1) is 12.5 Å². The van der Waals surface area contributed by atoms with Gasteiger partial charge in [0.15, 0.2) is 0 Å². The number of aliphatic hydroxyl groups is 2. The van der Waals surface area contributed by atoms with Crippen LogP contribution in [0.1, 0.15) is 18.4 Å². The van der Waals surface area contributed by atoms with Crippen LogP contribution in [0.3, 0.4) is 0 Å². The normalized spacial score (nSPS) is 13.7. The second-order valence-corrected chi connectivity index (χ2v) is 4.74. The molecule has 0 aliphatic heterocycles. The summed E-state index contributed by atoms with van der Waals surface area (Å²) < 4.78 is 29.8. The van der Waals surface area contributed by atoms with Gasteiger partial charge in [-0.15, -0.1) is 0 Å². The monoisotopic (exact) mass is 307 g/mol. The molecule has 9 heteroatoms. The number of benzene rings is 1. The maximum absolute atomic E-state index is 10.6. The molecule has 0 aliphatic carbocycles. The number of nitrogens with two attached hydrogens (primary N) is 1. The van der Waals surface area contributed by atoms with Crippen LogP contribution in [0.25, 0.3) is 0 Å². The van der Waals surface area contributed by atoms with E-state index in [-0.39, 0.29) is 6.61 Å². The summed E-state index contributed by atoms with van der Waals surface area (Å²) in [5, 5.41) is 22.5. The Morgan fingerprint density at radius 3 is 2.15 bits per heavy atom. The van der Waals surface area contributed by atoms with Gasteiger partial charge in [-0.25, -0.2) is 5.14 Å². The molecule has 0 saturated carbocycles. The van der Waals surface area contributed by atoms with Gasteiger partial charge in [0.1, 0.15) is 0 Å². The third-order valence-corrected chi connectivity index (χ3v) is 2.06. The molecular formula is C11H17NO7S. The number of ether oxygens (including phenoxy) is 1. The van der Waals surface area contributed by atoms with Crippen molar-refractivity contribution in [3.8, 4) is 0 Å². The molecule has 0 aliphatic rings. The highest BCUT2D eigenvalue weighted by Gasteiger charge is 2.22. The smallest absolute Gasteiger partial charge is 0.330 e. The first kappa shape index (κ1) is 18.5. The van der Waals surface area contributed by atoms with Crippen molar-refractivity contribution in [3.05, 3.63) is 35.9 Å². The standard InChI is InChI=1S/C11H14O4.H3NO3S/c1-8(13)15-11(14)10(7-12)9-5-3-2-4-6-9;1-5(2,3)4/h2-6,10-12,14H,7H2,1H3;(H3,1,2,3,4)/t10-,11?;/m1./s1. The lowest BCUT2D eigenvalue weighted by Gasteiger charge is -2.20. The average Bonchev–Trinajstić information content (AvgIpc) is 2.28. The summed E-state index contributed by atoms with van der Waals surface area (Å²) in [5.41, 5.74) is 0.730. The van der Waals surface area contributed by atoms with E-state index < -0.39 is 28.5 Å². The number of hydrogen-bond donors (Lipinski definition) is 4. The molecule has 0 saturated heterocycles. The highest BCUT2D eigenvalue weighted by atomic mass is 32.2. The molecule has 2 atom stereocenters. The number of hydrogen-bond acceptors (Lipinski definition) is 6. The van der Waals surface area contributed by atoms with E-state index in [9.17, 15) is 9.90 Å². The zero-order valence-corrected chi connectivity index (χ0v) is 11.5. The number of aliphatic hydroxyl groups excluding tert-OH is 2. The fourth-order valence-electron chi connectivity index (χ4n) is 1.31. The van der Waals surface area contributed by atoms with Crippen molar-refractivity contribution >= 4 is 16.3 Å². The Balaban J connectivity index is 0.000000621. The molecule has 114 valence electrons. The fourth-order valence-corrected chi connectivity index (χ4v) is 1.31. The molecule has 0 radical (unpaired) electrons. The average molecular weight is 307 g/mol. The summed E-state index contributed by atoms with van der Waals surface area (Å²) in [6.07, 6.45) is -1.31. The van der Waals surface area contributed by atoms with Crippen LogP contribution in [0.5, 0.6) is 0 Å². The van der Waals surface area contributed by atoms with Crippen LogP contribution < -0.4 is 5.14 Å². The third-order valence-electron chi connectivity index (χ3n) is 2.06. The fraction of sp³-hybridized carbons (Fsp3) is 0.364. The van der Waals surface area contributed by atoms with E-state index in [4.69, 9.17) is 18.1 Å². The Hall–Kier alpha value is -1.52. The molecule has 0 spiro atoms. The molecule has 0 amide bonds. The maximum Gasteiger partial charge on any atom is 0.330 e. The number of carbonyl (C=O) groups is 1. The molecule has 5 N–H and O–H groups in total. The van der Waals surface area contributed by atoms with E-state index in [0.717, 1.165) is 5.56 Å². The number of rotatable bonds is 4. The first-order valence-electron chi connectivity index (χ1n) is 5.41. The summed E-state index contributed by atoms with van der Waals surface area (Å²) in [4.78, 5) is 10.6. The number of carbonyl (C=O) groups excluding carboxylic acids is 1. The van der Waals surface area contributed by atoms with Crippen LogP contribution in [0.15, 0.2) is 30.3 Å². The Bertz CT molecular complexity index is 495. The summed E-state index contributed by atoms with van der Waals surface area (Å²) in [6.45, 7) is 0.932. The molecule has 1 unspecified atom stereocenters. The SMILES string of the molecule is CC(=O)OC(O)[C@H](CO)c1ccccc1.NS(=O)(=O)O. The molecule has 8 nitrogen and oxygen atoms in total. The molecule has 1 aromatic carbocycles. The van der Waals surface area contributed by atoms with E-state index in [1.54, 1.807) is 24.3 Å². The van der Waals surface area contributed by atoms with Crippen molar-refractivity contribution in [3.63, 3.8) is 0 Å². The predicted molar refractivity (Wildman–Crippen MR) is 69.8 cm³/mol. The molecule has 1 rings (SSSR count). The maximum atomic E-state index is 10.6. The highest BCUT2D eigenvalue weighted by molar-refractivity contribution is 7.83. The van der Waals surface area contributed by atoms with Crippen LogP contribution in [-0.2, 0) is 19.8 Å². The van der Waals surface area contributed by atoms with Gasteiger partial charge in [0.25, 0.3) is 0 Å². The summed E-state index contributed by atoms with van der Waals surface area (Å²) in [5.74, 6) is -1.17. The Morgan fingerprint density at radius 2 is 1.80 bits per heavy atom. The van der Waals surface area contributed by atoms with Gasteiger partial charge < -0.3 is 14.9 Å². The van der Waals surface area contributed by atoms with Crippen LogP contribution in [0, 0.1) is 0 Å². The zero-order chi connectivity index (χ0) is 15.8. The van der Waals surface area contributed by atoms with E-state index in [1.807, 2.05) is 6.07 Å². The molecule has 0 heterocycles. The lowest BCUT2D eigenvalue weighted by Crippen LogP contribution is -2.26. The number of esters is 1.